The number of carbonyl (C=O) groups is 1. The average Bonchev–Trinajstić information content (AvgIpc) is 2.68. The number of carbonyl (C=O) groups excluding carboxylic acids is 1. The SMILES string of the molecule is CCCCn1c(N)c(N(CCC(C)C)CC(=O)Nc2ccc(C)c(F)c2)c(=O)[nH]c1=O. The van der Waals surface area contributed by atoms with Crippen molar-refractivity contribution in [1.29, 1.82) is 0 Å². The Morgan fingerprint density at radius 1 is 1.32 bits per heavy atom. The molecule has 0 bridgehead atoms. The molecule has 0 aliphatic heterocycles. The van der Waals surface area contributed by atoms with Crippen LogP contribution in [0.2, 0.25) is 0 Å². The molecule has 0 aliphatic carbocycles. The summed E-state index contributed by atoms with van der Waals surface area (Å²) in [4.78, 5) is 41.4. The molecule has 9 heteroatoms. The number of amides is 1. The lowest BCUT2D eigenvalue weighted by Gasteiger charge is -2.26. The van der Waals surface area contributed by atoms with Gasteiger partial charge in [0, 0.05) is 18.8 Å². The van der Waals surface area contributed by atoms with Crippen molar-refractivity contribution >= 4 is 23.1 Å². The molecule has 1 amide bonds. The number of aromatic amines is 1. The van der Waals surface area contributed by atoms with Crippen LogP contribution >= 0.6 is 0 Å². The van der Waals surface area contributed by atoms with Gasteiger partial charge in [-0.2, -0.15) is 0 Å². The van der Waals surface area contributed by atoms with Crippen LogP contribution in [0.3, 0.4) is 0 Å². The van der Waals surface area contributed by atoms with Crippen molar-refractivity contribution in [3.8, 4) is 0 Å². The van der Waals surface area contributed by atoms with E-state index in [1.165, 1.54) is 10.6 Å². The van der Waals surface area contributed by atoms with Gasteiger partial charge in [0.05, 0.1) is 6.54 Å². The molecule has 0 radical (unpaired) electrons. The fourth-order valence-corrected chi connectivity index (χ4v) is 3.15. The molecule has 1 heterocycles. The summed E-state index contributed by atoms with van der Waals surface area (Å²) in [5, 5.41) is 2.65. The number of nitrogens with one attached hydrogen (secondary N) is 2. The second-order valence-corrected chi connectivity index (χ2v) is 8.11. The van der Waals surface area contributed by atoms with Crippen LogP contribution in [0.5, 0.6) is 0 Å². The van der Waals surface area contributed by atoms with E-state index in [0.29, 0.717) is 36.7 Å². The highest BCUT2D eigenvalue weighted by Crippen LogP contribution is 2.19. The topological polar surface area (TPSA) is 113 Å². The van der Waals surface area contributed by atoms with Crippen LogP contribution in [-0.4, -0.2) is 28.5 Å². The normalized spacial score (nSPS) is 11.0. The van der Waals surface area contributed by atoms with Gasteiger partial charge < -0.3 is 16.0 Å². The lowest BCUT2D eigenvalue weighted by molar-refractivity contribution is -0.115. The Balaban J connectivity index is 2.35. The summed E-state index contributed by atoms with van der Waals surface area (Å²) in [5.41, 5.74) is 5.92. The lowest BCUT2D eigenvalue weighted by Crippen LogP contribution is -2.42. The summed E-state index contributed by atoms with van der Waals surface area (Å²) < 4.78 is 15.1. The third-order valence-electron chi connectivity index (χ3n) is 5.03. The third kappa shape index (κ3) is 6.44. The molecular formula is C22H32FN5O3. The van der Waals surface area contributed by atoms with Gasteiger partial charge in [-0.05, 0) is 43.4 Å². The number of hydrogen-bond donors (Lipinski definition) is 3. The van der Waals surface area contributed by atoms with Crippen LogP contribution in [0.4, 0.5) is 21.6 Å². The molecule has 0 fully saturated rings. The third-order valence-corrected chi connectivity index (χ3v) is 5.03. The molecule has 4 N–H and O–H groups in total. The Hall–Kier alpha value is -3.10. The van der Waals surface area contributed by atoms with Gasteiger partial charge in [0.25, 0.3) is 5.56 Å². The number of nitrogen functional groups attached to an aromatic ring is 1. The van der Waals surface area contributed by atoms with Crippen LogP contribution in [0.25, 0.3) is 0 Å². The van der Waals surface area contributed by atoms with Gasteiger partial charge >= 0.3 is 5.69 Å². The molecule has 0 spiro atoms. The van der Waals surface area contributed by atoms with E-state index >= 15 is 0 Å². The molecule has 31 heavy (non-hydrogen) atoms. The summed E-state index contributed by atoms with van der Waals surface area (Å²) in [5.74, 6) is -0.474. The Bertz CT molecular complexity index is 1030. The molecule has 0 unspecified atom stereocenters. The summed E-state index contributed by atoms with van der Waals surface area (Å²) in [7, 11) is 0. The van der Waals surface area contributed by atoms with Crippen molar-refractivity contribution in [3.05, 3.63) is 50.4 Å². The lowest BCUT2D eigenvalue weighted by atomic mass is 10.1. The zero-order valence-corrected chi connectivity index (χ0v) is 18.6. The first kappa shape index (κ1) is 24.2. The van der Waals surface area contributed by atoms with Crippen LogP contribution in [0.1, 0.15) is 45.6 Å². The van der Waals surface area contributed by atoms with Crippen LogP contribution < -0.4 is 27.2 Å². The van der Waals surface area contributed by atoms with Crippen molar-refractivity contribution in [1.82, 2.24) is 9.55 Å². The maximum absolute atomic E-state index is 13.8. The maximum Gasteiger partial charge on any atom is 0.330 e. The number of nitrogens with zero attached hydrogens (tertiary/aromatic N) is 2. The highest BCUT2D eigenvalue weighted by molar-refractivity contribution is 5.94. The van der Waals surface area contributed by atoms with Crippen molar-refractivity contribution in [3.63, 3.8) is 0 Å². The number of halogens is 1. The Morgan fingerprint density at radius 2 is 2.03 bits per heavy atom. The van der Waals surface area contributed by atoms with E-state index in [2.05, 4.69) is 10.3 Å². The van der Waals surface area contributed by atoms with Crippen molar-refractivity contribution in [2.75, 3.05) is 29.0 Å². The Morgan fingerprint density at radius 3 is 2.65 bits per heavy atom. The molecular weight excluding hydrogens is 401 g/mol. The predicted octanol–water partition coefficient (Wildman–Crippen LogP) is 2.86. The number of rotatable bonds is 10. The molecule has 1 aromatic carbocycles. The first-order valence-corrected chi connectivity index (χ1v) is 10.6. The Kier molecular flexibility index (Phi) is 8.41. The molecule has 0 saturated carbocycles. The van der Waals surface area contributed by atoms with Crippen LogP contribution in [0.15, 0.2) is 27.8 Å². The molecule has 0 saturated heterocycles. The summed E-state index contributed by atoms with van der Waals surface area (Å²) >= 11 is 0. The van der Waals surface area contributed by atoms with Gasteiger partial charge in [-0.25, -0.2) is 9.18 Å². The van der Waals surface area contributed by atoms with Gasteiger partial charge in [-0.3, -0.25) is 19.1 Å². The minimum atomic E-state index is -0.631. The van der Waals surface area contributed by atoms with Gasteiger partial charge in [0.15, 0.2) is 0 Å². The van der Waals surface area contributed by atoms with Gasteiger partial charge in [-0.1, -0.05) is 33.3 Å². The zero-order valence-electron chi connectivity index (χ0n) is 18.6. The van der Waals surface area contributed by atoms with E-state index in [1.54, 1.807) is 24.0 Å². The van der Waals surface area contributed by atoms with Gasteiger partial charge in [-0.15, -0.1) is 0 Å². The number of hydrogen-bond acceptors (Lipinski definition) is 5. The fraction of sp³-hybridized carbons (Fsp3) is 0.500. The average molecular weight is 434 g/mol. The number of unbranched alkanes of at least 4 members (excludes halogenated alkanes) is 1. The molecule has 8 nitrogen and oxygen atoms in total. The molecule has 0 atom stereocenters. The van der Waals surface area contributed by atoms with E-state index in [4.69, 9.17) is 5.73 Å². The minimum absolute atomic E-state index is 0.0418. The molecule has 2 rings (SSSR count). The number of nitrogens with two attached hydrogens (primary N) is 1. The zero-order chi connectivity index (χ0) is 23.1. The van der Waals surface area contributed by atoms with E-state index in [-0.39, 0.29) is 18.1 Å². The Labute approximate surface area is 181 Å². The summed E-state index contributed by atoms with van der Waals surface area (Å²) in [6.45, 7) is 8.29. The number of H-pyrrole nitrogens is 1. The van der Waals surface area contributed by atoms with Gasteiger partial charge in [0.2, 0.25) is 5.91 Å². The molecule has 1 aromatic heterocycles. The first-order valence-electron chi connectivity index (χ1n) is 10.6. The number of benzene rings is 1. The smallest absolute Gasteiger partial charge is 0.330 e. The van der Waals surface area contributed by atoms with Crippen molar-refractivity contribution < 1.29 is 9.18 Å². The monoisotopic (exact) mass is 433 g/mol. The highest BCUT2D eigenvalue weighted by atomic mass is 19.1. The molecule has 2 aromatic rings. The van der Waals surface area contributed by atoms with E-state index in [1.807, 2.05) is 20.8 Å². The highest BCUT2D eigenvalue weighted by Gasteiger charge is 2.21. The fourth-order valence-electron chi connectivity index (χ4n) is 3.15. The van der Waals surface area contributed by atoms with E-state index in [0.717, 1.165) is 12.8 Å². The second kappa shape index (κ2) is 10.8. The minimum Gasteiger partial charge on any atom is -0.383 e. The quantitative estimate of drug-likeness (QED) is 0.533. The largest absolute Gasteiger partial charge is 0.383 e. The number of anilines is 3. The number of aryl methyl sites for hydroxylation is 1. The second-order valence-electron chi connectivity index (χ2n) is 8.11. The number of aromatic nitrogens is 2. The van der Waals surface area contributed by atoms with E-state index in [9.17, 15) is 18.8 Å². The van der Waals surface area contributed by atoms with Gasteiger partial charge in [0.1, 0.15) is 17.3 Å². The molecule has 0 aliphatic rings. The maximum atomic E-state index is 13.8. The first-order chi connectivity index (χ1) is 14.6. The van der Waals surface area contributed by atoms with Crippen LogP contribution in [0, 0.1) is 18.7 Å². The standard InChI is InChI=1S/C22H32FN5O3/c1-5-6-10-28-20(24)19(21(30)26-22(28)31)27(11-9-14(2)3)13-18(29)25-16-8-7-15(4)17(23)12-16/h7-8,12,14H,5-6,9-11,13,24H2,1-4H3,(H,25,29)(H,26,30,31). The predicted molar refractivity (Wildman–Crippen MR) is 122 cm³/mol. The van der Waals surface area contributed by atoms with Crippen LogP contribution in [-0.2, 0) is 11.3 Å². The summed E-state index contributed by atoms with van der Waals surface area (Å²) in [6, 6.07) is 4.44. The molecule has 170 valence electrons. The van der Waals surface area contributed by atoms with Crippen molar-refractivity contribution in [2.24, 2.45) is 5.92 Å². The van der Waals surface area contributed by atoms with E-state index < -0.39 is 23.0 Å². The van der Waals surface area contributed by atoms with Crippen molar-refractivity contribution in [2.45, 2.75) is 53.5 Å². The summed E-state index contributed by atoms with van der Waals surface area (Å²) in [6.07, 6.45) is 2.29.